The maximum Gasteiger partial charge on any atom is 0.332 e. The van der Waals surface area contributed by atoms with Crippen molar-refractivity contribution >= 4 is 22.8 Å². The third-order valence-electron chi connectivity index (χ3n) is 5.40. The van der Waals surface area contributed by atoms with Gasteiger partial charge in [-0.25, -0.2) is 4.79 Å². The quantitative estimate of drug-likeness (QED) is 0.617. The number of anilines is 2. The minimum Gasteiger partial charge on any atom is -0.380 e. The van der Waals surface area contributed by atoms with Gasteiger partial charge < -0.3 is 14.2 Å². The van der Waals surface area contributed by atoms with Crippen molar-refractivity contribution in [3.05, 3.63) is 50.2 Å². The minimum absolute atomic E-state index is 0.233. The van der Waals surface area contributed by atoms with Crippen molar-refractivity contribution in [2.24, 2.45) is 7.05 Å². The van der Waals surface area contributed by atoms with Gasteiger partial charge in [-0.05, 0) is 50.5 Å². The van der Waals surface area contributed by atoms with Crippen LogP contribution in [0, 0.1) is 13.8 Å². The van der Waals surface area contributed by atoms with Crippen molar-refractivity contribution in [1.82, 2.24) is 18.7 Å². The third-order valence-corrected chi connectivity index (χ3v) is 5.40. The van der Waals surface area contributed by atoms with Crippen LogP contribution >= 0.6 is 0 Å². The number of hydrogen-bond donors (Lipinski definition) is 0. The van der Waals surface area contributed by atoms with Crippen LogP contribution in [0.1, 0.15) is 24.5 Å². The second-order valence-corrected chi connectivity index (χ2v) is 7.58. The van der Waals surface area contributed by atoms with Crippen LogP contribution < -0.4 is 16.1 Å². The molecule has 0 saturated carbocycles. The van der Waals surface area contributed by atoms with E-state index in [2.05, 4.69) is 36.9 Å². The molecule has 0 saturated heterocycles. The number of fused-ring (bicyclic) bond motifs is 3. The molecule has 4 rings (SSSR count). The van der Waals surface area contributed by atoms with E-state index in [0.717, 1.165) is 18.7 Å². The molecule has 2 aromatic heterocycles. The van der Waals surface area contributed by atoms with E-state index in [4.69, 9.17) is 9.72 Å². The first-order chi connectivity index (χ1) is 13.9. The van der Waals surface area contributed by atoms with Crippen molar-refractivity contribution in [3.63, 3.8) is 0 Å². The number of benzene rings is 1. The molecule has 0 atom stereocenters. The van der Waals surface area contributed by atoms with Gasteiger partial charge in [-0.1, -0.05) is 6.07 Å². The number of nitrogens with zero attached hydrogens (tertiary/aromatic N) is 5. The van der Waals surface area contributed by atoms with Gasteiger partial charge in [0.1, 0.15) is 0 Å². The molecule has 3 heterocycles. The molecular weight excluding hydrogens is 370 g/mol. The zero-order chi connectivity index (χ0) is 20.7. The lowest BCUT2D eigenvalue weighted by Gasteiger charge is -2.29. The van der Waals surface area contributed by atoms with Gasteiger partial charge in [0, 0.05) is 32.4 Å². The summed E-state index contributed by atoms with van der Waals surface area (Å²) in [5.41, 5.74) is 3.66. The van der Waals surface area contributed by atoms with E-state index in [1.807, 2.05) is 11.5 Å². The summed E-state index contributed by atoms with van der Waals surface area (Å²) in [6, 6.07) is 6.39. The first-order valence-electron chi connectivity index (χ1n) is 10.1. The summed E-state index contributed by atoms with van der Waals surface area (Å²) in [7, 11) is 1.67. The first kappa shape index (κ1) is 19.4. The SMILES string of the molecule is CCOCCn1c(=O)c2c(nc3n2CCCN3c2cc(C)cc(C)c2)n(C)c1=O. The third kappa shape index (κ3) is 3.27. The van der Waals surface area contributed by atoms with Gasteiger partial charge in [-0.15, -0.1) is 0 Å². The van der Waals surface area contributed by atoms with Crippen LogP contribution in [0.5, 0.6) is 0 Å². The van der Waals surface area contributed by atoms with Gasteiger partial charge in [-0.2, -0.15) is 4.98 Å². The summed E-state index contributed by atoms with van der Waals surface area (Å²) < 4.78 is 10.0. The van der Waals surface area contributed by atoms with Crippen molar-refractivity contribution in [2.75, 3.05) is 24.7 Å². The van der Waals surface area contributed by atoms with Crippen LogP contribution in [-0.2, 0) is 24.9 Å². The fourth-order valence-electron chi connectivity index (χ4n) is 4.11. The molecule has 0 fully saturated rings. The molecule has 0 spiro atoms. The second-order valence-electron chi connectivity index (χ2n) is 7.58. The van der Waals surface area contributed by atoms with Gasteiger partial charge in [0.2, 0.25) is 5.95 Å². The molecule has 0 aliphatic carbocycles. The maximum atomic E-state index is 13.2. The van der Waals surface area contributed by atoms with Crippen molar-refractivity contribution in [1.29, 1.82) is 0 Å². The molecule has 3 aromatic rings. The Morgan fingerprint density at radius 1 is 1.10 bits per heavy atom. The molecule has 8 heteroatoms. The number of ether oxygens (including phenoxy) is 1. The highest BCUT2D eigenvalue weighted by molar-refractivity contribution is 5.77. The van der Waals surface area contributed by atoms with Gasteiger partial charge in [0.15, 0.2) is 11.2 Å². The summed E-state index contributed by atoms with van der Waals surface area (Å²) >= 11 is 0. The topological polar surface area (TPSA) is 74.3 Å². The maximum absolute atomic E-state index is 13.2. The van der Waals surface area contributed by atoms with Crippen LogP contribution in [0.25, 0.3) is 11.2 Å². The Kier molecular flexibility index (Phi) is 5.04. The Balaban J connectivity index is 1.90. The van der Waals surface area contributed by atoms with Crippen molar-refractivity contribution in [2.45, 2.75) is 40.3 Å². The van der Waals surface area contributed by atoms with Crippen LogP contribution in [0.3, 0.4) is 0 Å². The molecule has 0 bridgehead atoms. The second kappa shape index (κ2) is 7.51. The van der Waals surface area contributed by atoms with E-state index >= 15 is 0 Å². The van der Waals surface area contributed by atoms with Gasteiger partial charge in [0.25, 0.3) is 5.56 Å². The van der Waals surface area contributed by atoms with E-state index < -0.39 is 0 Å². The Hall–Kier alpha value is -2.87. The Morgan fingerprint density at radius 3 is 2.52 bits per heavy atom. The fraction of sp³-hybridized carbons (Fsp3) is 0.476. The van der Waals surface area contributed by atoms with Gasteiger partial charge >= 0.3 is 5.69 Å². The summed E-state index contributed by atoms with van der Waals surface area (Å²) in [5.74, 6) is 0.714. The lowest BCUT2D eigenvalue weighted by molar-refractivity contribution is 0.137. The zero-order valence-corrected chi connectivity index (χ0v) is 17.4. The Bertz CT molecular complexity index is 1170. The predicted molar refractivity (Wildman–Crippen MR) is 113 cm³/mol. The Morgan fingerprint density at radius 2 is 1.83 bits per heavy atom. The van der Waals surface area contributed by atoms with E-state index in [1.165, 1.54) is 20.3 Å². The molecule has 0 unspecified atom stereocenters. The molecule has 29 heavy (non-hydrogen) atoms. The van der Waals surface area contributed by atoms with Gasteiger partial charge in [0.05, 0.1) is 13.2 Å². The molecule has 154 valence electrons. The summed E-state index contributed by atoms with van der Waals surface area (Å²) in [4.78, 5) is 32.8. The largest absolute Gasteiger partial charge is 0.380 e. The number of hydrogen-bond acceptors (Lipinski definition) is 5. The van der Waals surface area contributed by atoms with E-state index in [0.29, 0.717) is 36.9 Å². The molecule has 8 nitrogen and oxygen atoms in total. The first-order valence-corrected chi connectivity index (χ1v) is 10.1. The normalized spacial score (nSPS) is 13.9. The number of imidazole rings is 1. The highest BCUT2D eigenvalue weighted by Crippen LogP contribution is 2.31. The summed E-state index contributed by atoms with van der Waals surface area (Å²) in [6.45, 7) is 8.66. The minimum atomic E-state index is -0.365. The molecule has 0 amide bonds. The molecule has 1 aliphatic heterocycles. The van der Waals surface area contributed by atoms with E-state index in [1.54, 1.807) is 7.05 Å². The number of rotatable bonds is 5. The predicted octanol–water partition coefficient (Wildman–Crippen LogP) is 2.09. The van der Waals surface area contributed by atoms with E-state index in [-0.39, 0.29) is 17.8 Å². The molecule has 1 aromatic carbocycles. The smallest absolute Gasteiger partial charge is 0.332 e. The van der Waals surface area contributed by atoms with Crippen LogP contribution in [0.15, 0.2) is 27.8 Å². The van der Waals surface area contributed by atoms with Crippen LogP contribution in [0.2, 0.25) is 0 Å². The van der Waals surface area contributed by atoms with Gasteiger partial charge in [-0.3, -0.25) is 13.9 Å². The molecular formula is C21H27N5O3. The zero-order valence-electron chi connectivity index (χ0n) is 17.4. The van der Waals surface area contributed by atoms with Crippen molar-refractivity contribution < 1.29 is 4.74 Å². The van der Waals surface area contributed by atoms with Crippen molar-refractivity contribution in [3.8, 4) is 0 Å². The number of aryl methyl sites for hydroxylation is 4. The molecule has 1 aliphatic rings. The average molecular weight is 397 g/mol. The molecule has 0 radical (unpaired) electrons. The summed E-state index contributed by atoms with van der Waals surface area (Å²) in [5, 5.41) is 0. The van der Waals surface area contributed by atoms with E-state index in [9.17, 15) is 9.59 Å². The Labute approximate surface area is 169 Å². The van der Waals surface area contributed by atoms with Crippen LogP contribution in [0.4, 0.5) is 11.6 Å². The monoisotopic (exact) mass is 397 g/mol. The lowest BCUT2D eigenvalue weighted by atomic mass is 10.1. The standard InChI is InChI=1S/C21H27N5O3/c1-5-29-10-9-26-19(27)17-18(23(4)21(26)28)22-20-24(7-6-8-25(17)20)16-12-14(2)11-15(3)13-16/h11-13H,5-10H2,1-4H3. The fourth-order valence-corrected chi connectivity index (χ4v) is 4.11. The van der Waals surface area contributed by atoms with Crippen LogP contribution in [-0.4, -0.2) is 38.4 Å². The molecule has 0 N–H and O–H groups in total. The highest BCUT2D eigenvalue weighted by atomic mass is 16.5. The lowest BCUT2D eigenvalue weighted by Crippen LogP contribution is -2.40. The summed E-state index contributed by atoms with van der Waals surface area (Å²) in [6.07, 6.45) is 0.896. The average Bonchev–Trinajstić information content (AvgIpc) is 3.08. The number of aromatic nitrogens is 4. The highest BCUT2D eigenvalue weighted by Gasteiger charge is 2.27.